The first kappa shape index (κ1) is 23.6. The fourth-order valence-electron chi connectivity index (χ4n) is 2.35. The molecule has 2 N–H and O–H groups in total. The number of aromatic nitrogens is 1. The zero-order chi connectivity index (χ0) is 22.4. The highest BCUT2D eigenvalue weighted by Gasteiger charge is 2.29. The van der Waals surface area contributed by atoms with E-state index in [1.54, 1.807) is 13.8 Å². The number of rotatable bonds is 7. The summed E-state index contributed by atoms with van der Waals surface area (Å²) in [5.74, 6) is -2.77. The van der Waals surface area contributed by atoms with Crippen LogP contribution in [0.4, 0.5) is 10.2 Å². The Hall–Kier alpha value is -2.71. The maximum absolute atomic E-state index is 13.0. The standard InChI is InChI=1S/C20H20Cl2FN3O4/c1-10(2)16(25-19(28)12-4-6-14(23)7-5-12)20(29)30-11(3)18(27)26-17-15(22)8-13(21)9-24-17/h4-11,16H,1-3H3,(H,25,28)(H,24,26,27)/t11?,16-/m0/s1. The lowest BCUT2D eigenvalue weighted by Crippen LogP contribution is -2.47. The van der Waals surface area contributed by atoms with Crippen LogP contribution in [0, 0.1) is 11.7 Å². The lowest BCUT2D eigenvalue weighted by molar-refractivity contribution is -0.156. The summed E-state index contributed by atoms with van der Waals surface area (Å²) in [6, 6.07) is 5.26. The van der Waals surface area contributed by atoms with Crippen LogP contribution < -0.4 is 10.6 Å². The normalized spacial score (nSPS) is 12.8. The molecule has 30 heavy (non-hydrogen) atoms. The molecule has 2 amide bonds. The maximum atomic E-state index is 13.0. The second-order valence-electron chi connectivity index (χ2n) is 6.75. The monoisotopic (exact) mass is 455 g/mol. The van der Waals surface area contributed by atoms with Crippen molar-refractivity contribution >= 4 is 46.8 Å². The van der Waals surface area contributed by atoms with E-state index in [1.807, 2.05) is 0 Å². The number of nitrogens with zero attached hydrogens (tertiary/aromatic N) is 1. The van der Waals surface area contributed by atoms with Crippen LogP contribution in [0.3, 0.4) is 0 Å². The molecule has 1 aromatic carbocycles. The number of anilines is 1. The molecule has 160 valence electrons. The fourth-order valence-corrected chi connectivity index (χ4v) is 2.78. The van der Waals surface area contributed by atoms with Crippen molar-refractivity contribution in [1.82, 2.24) is 10.3 Å². The number of amides is 2. The van der Waals surface area contributed by atoms with Gasteiger partial charge in [0.05, 0.1) is 10.0 Å². The summed E-state index contributed by atoms with van der Waals surface area (Å²) >= 11 is 11.7. The SMILES string of the molecule is CC(OC(=O)[C@@H](NC(=O)c1ccc(F)cc1)C(C)C)C(=O)Nc1ncc(Cl)cc1Cl. The van der Waals surface area contributed by atoms with Crippen molar-refractivity contribution in [3.63, 3.8) is 0 Å². The summed E-state index contributed by atoms with van der Waals surface area (Å²) in [5.41, 5.74) is 0.184. The Bertz CT molecular complexity index is 938. The first-order valence-electron chi connectivity index (χ1n) is 8.97. The van der Waals surface area contributed by atoms with Gasteiger partial charge in [0, 0.05) is 11.8 Å². The first-order valence-corrected chi connectivity index (χ1v) is 9.73. The van der Waals surface area contributed by atoms with Gasteiger partial charge < -0.3 is 15.4 Å². The van der Waals surface area contributed by atoms with Gasteiger partial charge >= 0.3 is 5.97 Å². The molecule has 0 saturated carbocycles. The minimum absolute atomic E-state index is 0.0685. The third kappa shape index (κ3) is 6.40. The molecular weight excluding hydrogens is 436 g/mol. The van der Waals surface area contributed by atoms with E-state index >= 15 is 0 Å². The number of benzene rings is 1. The summed E-state index contributed by atoms with van der Waals surface area (Å²) in [7, 11) is 0. The Morgan fingerprint density at radius 3 is 2.30 bits per heavy atom. The molecule has 1 heterocycles. The van der Waals surface area contributed by atoms with E-state index in [0.29, 0.717) is 5.02 Å². The minimum atomic E-state index is -1.19. The van der Waals surface area contributed by atoms with Crippen LogP contribution in [-0.4, -0.2) is 34.9 Å². The van der Waals surface area contributed by atoms with Crippen molar-refractivity contribution < 1.29 is 23.5 Å². The average Bonchev–Trinajstić information content (AvgIpc) is 2.68. The predicted molar refractivity (Wildman–Crippen MR) is 111 cm³/mol. The van der Waals surface area contributed by atoms with Crippen LogP contribution in [0.2, 0.25) is 10.0 Å². The molecule has 0 fully saturated rings. The summed E-state index contributed by atoms with van der Waals surface area (Å²) < 4.78 is 18.2. The number of hydrogen-bond donors (Lipinski definition) is 2. The number of ether oxygens (including phenoxy) is 1. The number of carbonyl (C=O) groups excluding carboxylic acids is 3. The van der Waals surface area contributed by atoms with Crippen LogP contribution >= 0.6 is 23.2 Å². The van der Waals surface area contributed by atoms with Gasteiger partial charge in [0.2, 0.25) is 0 Å². The third-order valence-electron chi connectivity index (χ3n) is 4.03. The molecule has 7 nitrogen and oxygen atoms in total. The van der Waals surface area contributed by atoms with E-state index in [9.17, 15) is 18.8 Å². The number of pyridine rings is 1. The maximum Gasteiger partial charge on any atom is 0.329 e. The van der Waals surface area contributed by atoms with Gasteiger partial charge in [-0.3, -0.25) is 9.59 Å². The molecule has 1 unspecified atom stereocenters. The van der Waals surface area contributed by atoms with Crippen molar-refractivity contribution in [2.24, 2.45) is 5.92 Å². The molecule has 0 bridgehead atoms. The molecule has 0 radical (unpaired) electrons. The molecular formula is C20H20Cl2FN3O4. The van der Waals surface area contributed by atoms with E-state index in [0.717, 1.165) is 12.1 Å². The van der Waals surface area contributed by atoms with Gasteiger partial charge in [-0.15, -0.1) is 0 Å². The highest BCUT2D eigenvalue weighted by molar-refractivity contribution is 6.36. The van der Waals surface area contributed by atoms with Crippen molar-refractivity contribution in [2.75, 3.05) is 5.32 Å². The third-order valence-corrected chi connectivity index (χ3v) is 4.52. The Kier molecular flexibility index (Phi) is 8.14. The zero-order valence-corrected chi connectivity index (χ0v) is 17.9. The molecule has 0 saturated heterocycles. The Morgan fingerprint density at radius 1 is 1.10 bits per heavy atom. The van der Waals surface area contributed by atoms with Crippen LogP contribution in [0.25, 0.3) is 0 Å². The van der Waals surface area contributed by atoms with Crippen molar-refractivity contribution in [1.29, 1.82) is 0 Å². The topological polar surface area (TPSA) is 97.4 Å². The van der Waals surface area contributed by atoms with Gasteiger partial charge in [-0.1, -0.05) is 37.0 Å². The quantitative estimate of drug-likeness (QED) is 0.617. The Labute approximate surface area is 182 Å². The highest BCUT2D eigenvalue weighted by Crippen LogP contribution is 2.22. The van der Waals surface area contributed by atoms with Gasteiger partial charge in [-0.25, -0.2) is 14.2 Å². The summed E-state index contributed by atoms with van der Waals surface area (Å²) in [5, 5.41) is 5.41. The van der Waals surface area contributed by atoms with E-state index in [2.05, 4.69) is 15.6 Å². The predicted octanol–water partition coefficient (Wildman–Crippen LogP) is 3.85. The number of halogens is 3. The number of hydrogen-bond acceptors (Lipinski definition) is 5. The van der Waals surface area contributed by atoms with Crippen molar-refractivity contribution in [2.45, 2.75) is 32.9 Å². The van der Waals surface area contributed by atoms with Gasteiger partial charge in [-0.2, -0.15) is 0 Å². The molecule has 10 heteroatoms. The largest absolute Gasteiger partial charge is 0.451 e. The second-order valence-corrected chi connectivity index (χ2v) is 7.60. The van der Waals surface area contributed by atoms with E-state index in [-0.39, 0.29) is 22.3 Å². The molecule has 1 aromatic heterocycles. The molecule has 0 aliphatic rings. The molecule has 0 aliphatic heterocycles. The van der Waals surface area contributed by atoms with Gasteiger partial charge in [0.25, 0.3) is 11.8 Å². The Balaban J connectivity index is 2.01. The summed E-state index contributed by atoms with van der Waals surface area (Å²) in [6.07, 6.45) is 0.120. The molecule has 2 aromatic rings. The highest BCUT2D eigenvalue weighted by atomic mass is 35.5. The van der Waals surface area contributed by atoms with Crippen LogP contribution in [0.1, 0.15) is 31.1 Å². The lowest BCUT2D eigenvalue weighted by atomic mass is 10.0. The average molecular weight is 456 g/mol. The lowest BCUT2D eigenvalue weighted by Gasteiger charge is -2.23. The van der Waals surface area contributed by atoms with Gasteiger partial charge in [-0.05, 0) is 43.2 Å². The van der Waals surface area contributed by atoms with E-state index in [4.69, 9.17) is 27.9 Å². The molecule has 2 atom stereocenters. The Morgan fingerprint density at radius 2 is 1.73 bits per heavy atom. The first-order chi connectivity index (χ1) is 14.1. The number of carbonyl (C=O) groups is 3. The van der Waals surface area contributed by atoms with Crippen LogP contribution in [0.5, 0.6) is 0 Å². The number of esters is 1. The van der Waals surface area contributed by atoms with Crippen LogP contribution in [0.15, 0.2) is 36.5 Å². The smallest absolute Gasteiger partial charge is 0.329 e. The molecule has 2 rings (SSSR count). The fraction of sp³-hybridized carbons (Fsp3) is 0.300. The zero-order valence-electron chi connectivity index (χ0n) is 16.4. The molecule has 0 aliphatic carbocycles. The van der Waals surface area contributed by atoms with Crippen molar-refractivity contribution in [3.8, 4) is 0 Å². The van der Waals surface area contributed by atoms with Crippen LogP contribution in [-0.2, 0) is 14.3 Å². The van der Waals surface area contributed by atoms with E-state index in [1.165, 1.54) is 31.3 Å². The molecule has 0 spiro atoms. The van der Waals surface area contributed by atoms with Crippen molar-refractivity contribution in [3.05, 3.63) is 58.0 Å². The van der Waals surface area contributed by atoms with E-state index < -0.39 is 35.7 Å². The summed E-state index contributed by atoms with van der Waals surface area (Å²) in [4.78, 5) is 41.1. The minimum Gasteiger partial charge on any atom is -0.451 e. The van der Waals surface area contributed by atoms with Gasteiger partial charge in [0.15, 0.2) is 11.9 Å². The van der Waals surface area contributed by atoms with Gasteiger partial charge in [0.1, 0.15) is 11.9 Å². The second kappa shape index (κ2) is 10.4. The summed E-state index contributed by atoms with van der Waals surface area (Å²) in [6.45, 7) is 4.79. The number of nitrogens with one attached hydrogen (secondary N) is 2.